The Kier molecular flexibility index (Phi) is 4.10. The lowest BCUT2D eigenvalue weighted by atomic mass is 9.86. The molecule has 5 nitrogen and oxygen atoms in total. The molecule has 2 heterocycles. The molecule has 1 amide bonds. The van der Waals surface area contributed by atoms with Crippen LogP contribution in [0.3, 0.4) is 0 Å². The van der Waals surface area contributed by atoms with Crippen LogP contribution in [-0.2, 0) is 11.3 Å². The Morgan fingerprint density at radius 3 is 2.57 bits per heavy atom. The normalized spacial score (nSPS) is 23.8. The van der Waals surface area contributed by atoms with Crippen molar-refractivity contribution in [3.05, 3.63) is 35.9 Å². The average molecular weight is 318 g/mol. The smallest absolute Gasteiger partial charge is 0.410 e. The van der Waals surface area contributed by atoms with Gasteiger partial charge in [0, 0.05) is 26.2 Å². The first kappa shape index (κ1) is 16.3. The second kappa shape index (κ2) is 5.80. The molecule has 0 aromatic heterocycles. The van der Waals surface area contributed by atoms with E-state index in [9.17, 15) is 9.90 Å². The summed E-state index contributed by atoms with van der Waals surface area (Å²) >= 11 is 0. The van der Waals surface area contributed by atoms with Gasteiger partial charge in [0.05, 0.1) is 11.6 Å². The number of benzene rings is 1. The highest BCUT2D eigenvalue weighted by atomic mass is 16.6. The van der Waals surface area contributed by atoms with E-state index in [0.29, 0.717) is 19.6 Å². The molecule has 5 heteroatoms. The van der Waals surface area contributed by atoms with Crippen LogP contribution in [0.2, 0.25) is 0 Å². The van der Waals surface area contributed by atoms with E-state index in [0.717, 1.165) is 13.0 Å². The highest BCUT2D eigenvalue weighted by Crippen LogP contribution is 2.39. The van der Waals surface area contributed by atoms with E-state index in [-0.39, 0.29) is 17.7 Å². The van der Waals surface area contributed by atoms with Gasteiger partial charge in [-0.3, -0.25) is 4.90 Å². The fraction of sp³-hybridized carbons (Fsp3) is 0.611. The lowest BCUT2D eigenvalue weighted by Gasteiger charge is -2.52. The van der Waals surface area contributed by atoms with Crippen LogP contribution in [-0.4, -0.2) is 57.9 Å². The zero-order chi connectivity index (χ0) is 16.7. The first-order chi connectivity index (χ1) is 10.8. The summed E-state index contributed by atoms with van der Waals surface area (Å²) in [5, 5.41) is 10.1. The third-order valence-electron chi connectivity index (χ3n) is 4.56. The van der Waals surface area contributed by atoms with E-state index in [4.69, 9.17) is 4.74 Å². The van der Waals surface area contributed by atoms with Crippen molar-refractivity contribution < 1.29 is 14.6 Å². The molecule has 1 aromatic rings. The van der Waals surface area contributed by atoms with Gasteiger partial charge in [0.25, 0.3) is 0 Å². The quantitative estimate of drug-likeness (QED) is 0.909. The SMILES string of the molecule is CC(C)(C)OC(=O)N1CC2(CC(O)CN2Cc2ccccc2)C1. The summed E-state index contributed by atoms with van der Waals surface area (Å²) < 4.78 is 5.43. The van der Waals surface area contributed by atoms with Gasteiger partial charge in [-0.1, -0.05) is 30.3 Å². The highest BCUT2D eigenvalue weighted by molar-refractivity contribution is 5.70. The fourth-order valence-corrected chi connectivity index (χ4v) is 3.57. The Morgan fingerprint density at radius 1 is 1.30 bits per heavy atom. The van der Waals surface area contributed by atoms with Crippen molar-refractivity contribution in [2.24, 2.45) is 0 Å². The number of β-amino-alcohol motifs (C(OH)–C–C–N with tert-alkyl or cyclic N) is 1. The van der Waals surface area contributed by atoms with Gasteiger partial charge >= 0.3 is 6.09 Å². The standard InChI is InChI=1S/C18H26N2O3/c1-17(2,3)23-16(22)19-12-18(13-19)9-15(21)11-20(18)10-14-7-5-4-6-8-14/h4-8,15,21H,9-13H2,1-3H3. The van der Waals surface area contributed by atoms with Crippen molar-refractivity contribution >= 4 is 6.09 Å². The minimum atomic E-state index is -0.473. The lowest BCUT2D eigenvalue weighted by Crippen LogP contribution is -2.69. The number of hydrogen-bond acceptors (Lipinski definition) is 4. The van der Waals surface area contributed by atoms with Crippen LogP contribution in [0.25, 0.3) is 0 Å². The van der Waals surface area contributed by atoms with Crippen molar-refractivity contribution in [2.75, 3.05) is 19.6 Å². The topological polar surface area (TPSA) is 53.0 Å². The molecule has 1 atom stereocenters. The minimum Gasteiger partial charge on any atom is -0.444 e. The largest absolute Gasteiger partial charge is 0.444 e. The Morgan fingerprint density at radius 2 is 1.96 bits per heavy atom. The van der Waals surface area contributed by atoms with Crippen molar-refractivity contribution in [2.45, 2.75) is 51.0 Å². The van der Waals surface area contributed by atoms with E-state index in [1.165, 1.54) is 5.56 Å². The Balaban J connectivity index is 1.64. The molecule has 3 rings (SSSR count). The fourth-order valence-electron chi connectivity index (χ4n) is 3.57. The molecular weight excluding hydrogens is 292 g/mol. The molecule has 2 fully saturated rings. The maximum absolute atomic E-state index is 12.2. The summed E-state index contributed by atoms with van der Waals surface area (Å²) in [5.74, 6) is 0. The van der Waals surface area contributed by atoms with Gasteiger partial charge in [0.1, 0.15) is 5.60 Å². The van der Waals surface area contributed by atoms with E-state index < -0.39 is 5.60 Å². The Hall–Kier alpha value is -1.59. The molecule has 2 saturated heterocycles. The summed E-state index contributed by atoms with van der Waals surface area (Å²) in [7, 11) is 0. The van der Waals surface area contributed by atoms with Crippen LogP contribution in [0.15, 0.2) is 30.3 Å². The summed E-state index contributed by atoms with van der Waals surface area (Å²) in [6.45, 7) is 8.36. The number of rotatable bonds is 2. The summed E-state index contributed by atoms with van der Waals surface area (Å²) in [5.41, 5.74) is 0.655. The zero-order valence-corrected chi connectivity index (χ0v) is 14.2. The molecule has 1 aromatic carbocycles. The molecule has 0 radical (unpaired) electrons. The number of carbonyl (C=O) groups excluding carboxylic acids is 1. The molecule has 0 saturated carbocycles. The van der Waals surface area contributed by atoms with Crippen LogP contribution in [0, 0.1) is 0 Å². The first-order valence-corrected chi connectivity index (χ1v) is 8.22. The predicted molar refractivity (Wildman–Crippen MR) is 88.0 cm³/mol. The number of aliphatic hydroxyl groups excluding tert-OH is 1. The van der Waals surface area contributed by atoms with Gasteiger partial charge in [-0.05, 0) is 32.8 Å². The summed E-state index contributed by atoms with van der Waals surface area (Å²) in [6.07, 6.45) is 0.141. The number of aliphatic hydroxyl groups is 1. The highest BCUT2D eigenvalue weighted by Gasteiger charge is 2.54. The van der Waals surface area contributed by atoms with E-state index in [2.05, 4.69) is 17.0 Å². The molecule has 2 aliphatic rings. The molecule has 0 bridgehead atoms. The second-order valence-electron chi connectivity index (χ2n) is 7.78. The van der Waals surface area contributed by atoms with E-state index in [1.54, 1.807) is 4.90 Å². The van der Waals surface area contributed by atoms with Gasteiger partial charge in [0.15, 0.2) is 0 Å². The van der Waals surface area contributed by atoms with Crippen LogP contribution in [0.4, 0.5) is 4.79 Å². The summed E-state index contributed by atoms with van der Waals surface area (Å²) in [4.78, 5) is 16.2. The zero-order valence-electron chi connectivity index (χ0n) is 14.2. The molecule has 0 aliphatic carbocycles. The molecular formula is C18H26N2O3. The average Bonchev–Trinajstić information content (AvgIpc) is 2.73. The van der Waals surface area contributed by atoms with Crippen LogP contribution < -0.4 is 0 Å². The first-order valence-electron chi connectivity index (χ1n) is 8.22. The van der Waals surface area contributed by atoms with Gasteiger partial charge in [-0.25, -0.2) is 4.79 Å². The predicted octanol–water partition coefficient (Wildman–Crippen LogP) is 2.24. The van der Waals surface area contributed by atoms with E-state index >= 15 is 0 Å². The van der Waals surface area contributed by atoms with Crippen molar-refractivity contribution in [1.29, 1.82) is 0 Å². The van der Waals surface area contributed by atoms with Gasteiger partial charge in [-0.2, -0.15) is 0 Å². The maximum Gasteiger partial charge on any atom is 0.410 e. The van der Waals surface area contributed by atoms with Crippen molar-refractivity contribution in [3.63, 3.8) is 0 Å². The molecule has 126 valence electrons. The van der Waals surface area contributed by atoms with E-state index in [1.807, 2.05) is 39.0 Å². The number of carbonyl (C=O) groups is 1. The van der Waals surface area contributed by atoms with Crippen LogP contribution >= 0.6 is 0 Å². The molecule has 2 aliphatic heterocycles. The Labute approximate surface area is 137 Å². The van der Waals surface area contributed by atoms with Crippen LogP contribution in [0.1, 0.15) is 32.8 Å². The maximum atomic E-state index is 12.2. The Bertz CT molecular complexity index is 561. The van der Waals surface area contributed by atoms with Gasteiger partial charge < -0.3 is 14.7 Å². The molecule has 1 unspecified atom stereocenters. The van der Waals surface area contributed by atoms with Crippen molar-refractivity contribution in [3.8, 4) is 0 Å². The number of likely N-dealkylation sites (tertiary alicyclic amines) is 2. The van der Waals surface area contributed by atoms with Gasteiger partial charge in [-0.15, -0.1) is 0 Å². The third-order valence-corrected chi connectivity index (χ3v) is 4.56. The van der Waals surface area contributed by atoms with Crippen molar-refractivity contribution in [1.82, 2.24) is 9.80 Å². The number of nitrogens with zero attached hydrogens (tertiary/aromatic N) is 2. The second-order valence-corrected chi connectivity index (χ2v) is 7.78. The summed E-state index contributed by atoms with van der Waals surface area (Å²) in [6, 6.07) is 10.3. The number of ether oxygens (including phenoxy) is 1. The molecule has 1 spiro atoms. The van der Waals surface area contributed by atoms with Gasteiger partial charge in [0.2, 0.25) is 0 Å². The molecule has 1 N–H and O–H groups in total. The van der Waals surface area contributed by atoms with Crippen LogP contribution in [0.5, 0.6) is 0 Å². The monoisotopic (exact) mass is 318 g/mol. The number of amides is 1. The molecule has 23 heavy (non-hydrogen) atoms. The third kappa shape index (κ3) is 3.51. The minimum absolute atomic E-state index is 0.105. The number of hydrogen-bond donors (Lipinski definition) is 1. The lowest BCUT2D eigenvalue weighted by molar-refractivity contribution is -0.0509.